The maximum absolute atomic E-state index is 13.2. The summed E-state index contributed by atoms with van der Waals surface area (Å²) in [7, 11) is 0. The standard InChI is InChI=1S/C26H31N3O3/c1-26(2)14-24(31)27-21-13-18(7-8-20(21)26)25(32)29-12-10-22(23(30)16-29)28-11-9-17-5-3-4-6-19(17)15-28/h3-8,13,22-23,30H,9-12,14-16H2,1-2H3,(H,27,31)/t22-,23-/m1/s1. The molecule has 2 N–H and O–H groups in total. The molecule has 0 bridgehead atoms. The number of likely N-dealkylation sites (tertiary alicyclic amines) is 1. The number of piperidine rings is 1. The topological polar surface area (TPSA) is 72.9 Å². The van der Waals surface area contributed by atoms with Gasteiger partial charge in [-0.3, -0.25) is 14.5 Å². The number of carbonyl (C=O) groups is 2. The third kappa shape index (κ3) is 3.82. The van der Waals surface area contributed by atoms with Crippen molar-refractivity contribution in [2.24, 2.45) is 0 Å². The second-order valence-electron chi connectivity index (χ2n) is 10.0. The lowest BCUT2D eigenvalue weighted by atomic mass is 9.77. The Kier molecular flexibility index (Phi) is 5.30. The van der Waals surface area contributed by atoms with Crippen LogP contribution in [0.3, 0.4) is 0 Å². The molecule has 0 aromatic heterocycles. The summed E-state index contributed by atoms with van der Waals surface area (Å²) in [6.45, 7) is 6.84. The van der Waals surface area contributed by atoms with Crippen LogP contribution in [0.1, 0.15) is 53.7 Å². The Balaban J connectivity index is 1.27. The van der Waals surface area contributed by atoms with Crippen molar-refractivity contribution in [1.29, 1.82) is 0 Å². The highest BCUT2D eigenvalue weighted by molar-refractivity contribution is 5.99. The summed E-state index contributed by atoms with van der Waals surface area (Å²) in [5, 5.41) is 13.9. The first-order valence-corrected chi connectivity index (χ1v) is 11.5. The molecule has 6 heteroatoms. The summed E-state index contributed by atoms with van der Waals surface area (Å²) < 4.78 is 0. The number of benzene rings is 2. The molecule has 0 spiro atoms. The van der Waals surface area contributed by atoms with Crippen molar-refractivity contribution in [2.45, 2.75) is 57.2 Å². The van der Waals surface area contributed by atoms with E-state index in [1.165, 1.54) is 11.1 Å². The summed E-state index contributed by atoms with van der Waals surface area (Å²) in [6.07, 6.45) is 1.62. The number of rotatable bonds is 2. The number of nitrogens with one attached hydrogen (secondary N) is 1. The molecule has 2 aromatic rings. The van der Waals surface area contributed by atoms with Gasteiger partial charge in [0.2, 0.25) is 5.91 Å². The molecule has 3 heterocycles. The van der Waals surface area contributed by atoms with E-state index in [0.29, 0.717) is 25.1 Å². The number of β-amino-alcohol motifs (C(OH)–C–C–N with tert-alkyl or cyclic N) is 1. The number of aliphatic hydroxyl groups is 1. The Hall–Kier alpha value is -2.70. The molecule has 32 heavy (non-hydrogen) atoms. The number of anilines is 1. The van der Waals surface area contributed by atoms with Crippen LogP contribution in [-0.4, -0.2) is 58.5 Å². The van der Waals surface area contributed by atoms with E-state index in [1.807, 2.05) is 26.0 Å². The van der Waals surface area contributed by atoms with Crippen LogP contribution in [0.15, 0.2) is 42.5 Å². The van der Waals surface area contributed by atoms with Crippen LogP contribution >= 0.6 is 0 Å². The van der Waals surface area contributed by atoms with Gasteiger partial charge in [-0.1, -0.05) is 44.2 Å². The number of nitrogens with zero attached hydrogens (tertiary/aromatic N) is 2. The highest BCUT2D eigenvalue weighted by atomic mass is 16.3. The number of amides is 2. The molecule has 3 aliphatic heterocycles. The van der Waals surface area contributed by atoms with Crippen LogP contribution in [0.5, 0.6) is 0 Å². The second kappa shape index (κ2) is 8.01. The number of hydrogen-bond donors (Lipinski definition) is 2. The van der Waals surface area contributed by atoms with Gasteiger partial charge in [0.1, 0.15) is 0 Å². The molecule has 168 valence electrons. The van der Waals surface area contributed by atoms with E-state index in [2.05, 4.69) is 34.5 Å². The van der Waals surface area contributed by atoms with Gasteiger partial charge in [-0.25, -0.2) is 0 Å². The van der Waals surface area contributed by atoms with Crippen LogP contribution in [0.2, 0.25) is 0 Å². The van der Waals surface area contributed by atoms with Gasteiger partial charge in [0.25, 0.3) is 5.91 Å². The number of carbonyl (C=O) groups excluding carboxylic acids is 2. The lowest BCUT2D eigenvalue weighted by Crippen LogP contribution is -2.56. The largest absolute Gasteiger partial charge is 0.390 e. The Morgan fingerprint density at radius 2 is 1.91 bits per heavy atom. The number of fused-ring (bicyclic) bond motifs is 2. The van der Waals surface area contributed by atoms with Crippen molar-refractivity contribution < 1.29 is 14.7 Å². The van der Waals surface area contributed by atoms with Crippen molar-refractivity contribution in [3.8, 4) is 0 Å². The normalized spacial score (nSPS) is 25.0. The van der Waals surface area contributed by atoms with Gasteiger partial charge in [-0.05, 0) is 41.7 Å². The Bertz CT molecular complexity index is 1060. The minimum atomic E-state index is -0.575. The van der Waals surface area contributed by atoms with E-state index in [0.717, 1.165) is 37.2 Å². The minimum Gasteiger partial charge on any atom is -0.390 e. The molecule has 6 nitrogen and oxygen atoms in total. The quantitative estimate of drug-likeness (QED) is 0.764. The van der Waals surface area contributed by atoms with E-state index in [-0.39, 0.29) is 23.3 Å². The van der Waals surface area contributed by atoms with E-state index >= 15 is 0 Å². The van der Waals surface area contributed by atoms with Crippen molar-refractivity contribution in [1.82, 2.24) is 9.80 Å². The highest BCUT2D eigenvalue weighted by Crippen LogP contribution is 2.37. The van der Waals surface area contributed by atoms with E-state index in [1.54, 1.807) is 11.0 Å². The predicted octanol–water partition coefficient (Wildman–Crippen LogP) is 2.94. The first-order valence-electron chi connectivity index (χ1n) is 11.5. The lowest BCUT2D eigenvalue weighted by molar-refractivity contribution is -0.117. The monoisotopic (exact) mass is 433 g/mol. The van der Waals surface area contributed by atoms with Crippen molar-refractivity contribution >= 4 is 17.5 Å². The summed E-state index contributed by atoms with van der Waals surface area (Å²) in [4.78, 5) is 29.4. The minimum absolute atomic E-state index is 0.0218. The van der Waals surface area contributed by atoms with Crippen molar-refractivity contribution in [2.75, 3.05) is 25.0 Å². The fourth-order valence-electron chi connectivity index (χ4n) is 5.57. The summed E-state index contributed by atoms with van der Waals surface area (Å²) in [6, 6.07) is 14.2. The maximum Gasteiger partial charge on any atom is 0.254 e. The van der Waals surface area contributed by atoms with Crippen LogP contribution in [0.25, 0.3) is 0 Å². The van der Waals surface area contributed by atoms with Gasteiger partial charge in [-0.15, -0.1) is 0 Å². The summed E-state index contributed by atoms with van der Waals surface area (Å²) in [5.74, 6) is -0.113. The van der Waals surface area contributed by atoms with Crippen LogP contribution in [0, 0.1) is 0 Å². The third-order valence-electron chi connectivity index (χ3n) is 7.34. The molecule has 1 saturated heterocycles. The summed E-state index contributed by atoms with van der Waals surface area (Å²) in [5.41, 5.74) is 4.81. The zero-order valence-corrected chi connectivity index (χ0v) is 18.8. The van der Waals surface area contributed by atoms with Gasteiger partial charge in [-0.2, -0.15) is 0 Å². The molecule has 0 saturated carbocycles. The molecular formula is C26H31N3O3. The average molecular weight is 434 g/mol. The molecule has 0 radical (unpaired) electrons. The van der Waals surface area contributed by atoms with E-state index in [4.69, 9.17) is 0 Å². The fraction of sp³-hybridized carbons (Fsp3) is 0.462. The fourth-order valence-corrected chi connectivity index (χ4v) is 5.57. The molecule has 0 aliphatic carbocycles. The molecular weight excluding hydrogens is 402 g/mol. The van der Waals surface area contributed by atoms with Gasteiger partial charge in [0.05, 0.1) is 6.10 Å². The Labute approximate surface area is 189 Å². The first-order chi connectivity index (χ1) is 15.3. The SMILES string of the molecule is CC1(C)CC(=O)Nc2cc(C(=O)N3CC[C@@H](N4CCc5ccccc5C4)[C@H](O)C3)ccc21. The molecule has 2 amide bonds. The number of aliphatic hydroxyl groups excluding tert-OH is 1. The highest BCUT2D eigenvalue weighted by Gasteiger charge is 2.36. The average Bonchev–Trinajstić information content (AvgIpc) is 2.77. The maximum atomic E-state index is 13.2. The zero-order valence-electron chi connectivity index (χ0n) is 18.8. The molecule has 5 rings (SSSR count). The summed E-state index contributed by atoms with van der Waals surface area (Å²) >= 11 is 0. The third-order valence-corrected chi connectivity index (χ3v) is 7.34. The van der Waals surface area contributed by atoms with Crippen molar-refractivity contribution in [3.05, 3.63) is 64.7 Å². The van der Waals surface area contributed by atoms with Crippen LogP contribution < -0.4 is 5.32 Å². The molecule has 1 fully saturated rings. The zero-order chi connectivity index (χ0) is 22.5. The lowest BCUT2D eigenvalue weighted by Gasteiger charge is -2.43. The van der Waals surface area contributed by atoms with Gasteiger partial charge < -0.3 is 15.3 Å². The second-order valence-corrected chi connectivity index (χ2v) is 10.0. The van der Waals surface area contributed by atoms with Gasteiger partial charge >= 0.3 is 0 Å². The van der Waals surface area contributed by atoms with Gasteiger partial charge in [0.15, 0.2) is 0 Å². The molecule has 3 aliphatic rings. The Morgan fingerprint density at radius 1 is 1.12 bits per heavy atom. The Morgan fingerprint density at radius 3 is 2.69 bits per heavy atom. The smallest absolute Gasteiger partial charge is 0.254 e. The van der Waals surface area contributed by atoms with E-state index in [9.17, 15) is 14.7 Å². The van der Waals surface area contributed by atoms with Crippen LogP contribution in [-0.2, 0) is 23.2 Å². The predicted molar refractivity (Wildman–Crippen MR) is 124 cm³/mol. The van der Waals surface area contributed by atoms with Gasteiger partial charge in [0, 0.05) is 55.3 Å². The first kappa shape index (κ1) is 21.2. The van der Waals surface area contributed by atoms with Crippen LogP contribution in [0.4, 0.5) is 5.69 Å². The molecule has 2 aromatic carbocycles. The number of hydrogen-bond acceptors (Lipinski definition) is 4. The molecule has 2 atom stereocenters. The van der Waals surface area contributed by atoms with Crippen molar-refractivity contribution in [3.63, 3.8) is 0 Å². The molecule has 0 unspecified atom stereocenters. The van der Waals surface area contributed by atoms with E-state index < -0.39 is 6.10 Å².